The SMILES string of the molecule is C=C1CCC(N2C(=O)c3ccc(OCCN4CC5(C4)CN(CCN4CCN(c6cc(-c7n[nH]c8ccc(OC(C)C)cc78)ncn6)C[C@@H]4C)C5)cc3C2=O)C(=O)N1. The van der Waals surface area contributed by atoms with Crippen LogP contribution in [0.4, 0.5) is 5.82 Å². The predicted octanol–water partition coefficient (Wildman–Crippen LogP) is 3.40. The molecule has 1 spiro atoms. The van der Waals surface area contributed by atoms with E-state index in [1.54, 1.807) is 24.5 Å². The predicted molar refractivity (Wildman–Crippen MR) is 214 cm³/mol. The Morgan fingerprint density at radius 3 is 2.46 bits per heavy atom. The second-order valence-corrected chi connectivity index (χ2v) is 16.6. The second-order valence-electron chi connectivity index (χ2n) is 16.6. The highest BCUT2D eigenvalue weighted by molar-refractivity contribution is 6.23. The molecule has 57 heavy (non-hydrogen) atoms. The molecule has 5 aliphatic heterocycles. The van der Waals surface area contributed by atoms with Crippen LogP contribution in [0.15, 0.2) is 61.1 Å². The number of imide groups is 1. The van der Waals surface area contributed by atoms with E-state index in [1.807, 2.05) is 38.1 Å². The van der Waals surface area contributed by atoms with Gasteiger partial charge in [-0.2, -0.15) is 5.10 Å². The molecule has 2 aromatic heterocycles. The molecule has 3 amide bonds. The van der Waals surface area contributed by atoms with E-state index in [-0.39, 0.29) is 17.6 Å². The van der Waals surface area contributed by atoms with Crippen molar-refractivity contribution < 1.29 is 23.9 Å². The molecule has 15 heteroatoms. The highest BCUT2D eigenvalue weighted by Crippen LogP contribution is 2.39. The highest BCUT2D eigenvalue weighted by atomic mass is 16.5. The summed E-state index contributed by atoms with van der Waals surface area (Å²) in [7, 11) is 0. The summed E-state index contributed by atoms with van der Waals surface area (Å²) in [5.74, 6) is 1.03. The fourth-order valence-corrected chi connectivity index (χ4v) is 9.22. The average Bonchev–Trinajstić information content (AvgIpc) is 3.69. The maximum absolute atomic E-state index is 13.2. The van der Waals surface area contributed by atoms with Crippen LogP contribution in [0.3, 0.4) is 0 Å². The molecule has 0 bridgehead atoms. The summed E-state index contributed by atoms with van der Waals surface area (Å²) < 4.78 is 12.0. The Kier molecular flexibility index (Phi) is 9.69. The molecule has 1 unspecified atom stereocenters. The van der Waals surface area contributed by atoms with Gasteiger partial charge in [-0.15, -0.1) is 0 Å². The van der Waals surface area contributed by atoms with Crippen LogP contribution < -0.4 is 19.7 Å². The van der Waals surface area contributed by atoms with Gasteiger partial charge in [0, 0.05) is 94.1 Å². The number of carbonyl (C=O) groups excluding carboxylic acids is 3. The zero-order chi connectivity index (χ0) is 39.4. The van der Waals surface area contributed by atoms with Crippen LogP contribution in [0, 0.1) is 5.41 Å². The van der Waals surface area contributed by atoms with Crippen LogP contribution in [0.25, 0.3) is 22.3 Å². The lowest BCUT2D eigenvalue weighted by molar-refractivity contribution is -0.125. The van der Waals surface area contributed by atoms with Gasteiger partial charge >= 0.3 is 0 Å². The zero-order valence-corrected chi connectivity index (χ0v) is 32.9. The molecule has 2 atom stereocenters. The molecule has 9 rings (SSSR count). The number of piperidine rings is 1. The number of aromatic amines is 1. The molecule has 0 radical (unpaired) electrons. The lowest BCUT2D eigenvalue weighted by Crippen LogP contribution is -2.72. The molecule has 2 aromatic carbocycles. The third-order valence-electron chi connectivity index (χ3n) is 12.0. The minimum atomic E-state index is -0.824. The fraction of sp³-hybridized carbons (Fsp3) is 0.476. The summed E-state index contributed by atoms with van der Waals surface area (Å²) in [4.78, 5) is 59.0. The number of fused-ring (bicyclic) bond motifs is 2. The smallest absolute Gasteiger partial charge is 0.262 e. The number of carbonyl (C=O) groups is 3. The lowest BCUT2D eigenvalue weighted by Gasteiger charge is -2.60. The monoisotopic (exact) mass is 774 g/mol. The number of H-pyrrole nitrogens is 1. The molecule has 0 aliphatic carbocycles. The minimum Gasteiger partial charge on any atom is -0.492 e. The fourth-order valence-electron chi connectivity index (χ4n) is 9.22. The van der Waals surface area contributed by atoms with Crippen LogP contribution in [0.1, 0.15) is 54.3 Å². The van der Waals surface area contributed by atoms with Gasteiger partial charge in [0.2, 0.25) is 5.91 Å². The largest absolute Gasteiger partial charge is 0.492 e. The van der Waals surface area contributed by atoms with Crippen molar-refractivity contribution in [1.29, 1.82) is 0 Å². The number of benzene rings is 2. The number of aromatic nitrogens is 4. The van der Waals surface area contributed by atoms with Crippen LogP contribution in [0.2, 0.25) is 0 Å². The van der Waals surface area contributed by atoms with Gasteiger partial charge in [0.15, 0.2) is 0 Å². The van der Waals surface area contributed by atoms with E-state index in [9.17, 15) is 14.4 Å². The van der Waals surface area contributed by atoms with Gasteiger partial charge in [0.25, 0.3) is 11.8 Å². The maximum atomic E-state index is 13.2. The summed E-state index contributed by atoms with van der Waals surface area (Å²) in [5, 5.41) is 11.4. The van der Waals surface area contributed by atoms with Crippen molar-refractivity contribution in [3.8, 4) is 22.9 Å². The number of piperazine rings is 1. The quantitative estimate of drug-likeness (QED) is 0.203. The van der Waals surface area contributed by atoms with Gasteiger partial charge in [-0.25, -0.2) is 9.97 Å². The first-order valence-corrected chi connectivity index (χ1v) is 20.1. The van der Waals surface area contributed by atoms with E-state index in [0.29, 0.717) is 47.9 Å². The van der Waals surface area contributed by atoms with Crippen LogP contribution in [-0.2, 0) is 4.79 Å². The second kappa shape index (κ2) is 14.8. The molecule has 298 valence electrons. The number of allylic oxidation sites excluding steroid dienone is 1. The van der Waals surface area contributed by atoms with Crippen LogP contribution >= 0.6 is 0 Å². The molecular weight excluding hydrogens is 725 g/mol. The number of nitrogens with zero attached hydrogens (tertiary/aromatic N) is 8. The Morgan fingerprint density at radius 1 is 0.912 bits per heavy atom. The molecule has 0 saturated carbocycles. The van der Waals surface area contributed by atoms with Gasteiger partial charge in [-0.1, -0.05) is 6.58 Å². The number of amides is 3. The summed E-state index contributed by atoms with van der Waals surface area (Å²) in [6, 6.07) is 12.6. The third-order valence-corrected chi connectivity index (χ3v) is 12.0. The number of rotatable bonds is 12. The summed E-state index contributed by atoms with van der Waals surface area (Å²) >= 11 is 0. The van der Waals surface area contributed by atoms with Crippen molar-refractivity contribution in [2.75, 3.05) is 77.0 Å². The van der Waals surface area contributed by atoms with Gasteiger partial charge in [-0.3, -0.25) is 34.2 Å². The molecule has 7 heterocycles. The molecule has 15 nitrogen and oxygen atoms in total. The van der Waals surface area contributed by atoms with E-state index in [1.165, 1.54) is 0 Å². The number of anilines is 1. The molecular formula is C42H50N10O5. The topological polar surface area (TPSA) is 152 Å². The third kappa shape index (κ3) is 7.23. The van der Waals surface area contributed by atoms with Crippen molar-refractivity contribution in [1.82, 2.24) is 45.1 Å². The Hall–Kier alpha value is -5.38. The summed E-state index contributed by atoms with van der Waals surface area (Å²) in [6.45, 7) is 20.7. The van der Waals surface area contributed by atoms with Gasteiger partial charge in [0.1, 0.15) is 42.0 Å². The first-order chi connectivity index (χ1) is 27.5. The Labute approximate surface area is 332 Å². The van der Waals surface area contributed by atoms with E-state index in [4.69, 9.17) is 9.47 Å². The number of likely N-dealkylation sites (tertiary alicyclic amines) is 2. The van der Waals surface area contributed by atoms with E-state index >= 15 is 0 Å². The van der Waals surface area contributed by atoms with Crippen molar-refractivity contribution in [3.63, 3.8) is 0 Å². The highest BCUT2D eigenvalue weighted by Gasteiger charge is 2.51. The number of hydrogen-bond donors (Lipinski definition) is 2. The minimum absolute atomic E-state index is 0.0883. The Balaban J connectivity index is 0.699. The van der Waals surface area contributed by atoms with Crippen molar-refractivity contribution in [2.24, 2.45) is 5.41 Å². The molecule has 4 aromatic rings. The van der Waals surface area contributed by atoms with Crippen molar-refractivity contribution in [2.45, 2.75) is 51.8 Å². The number of nitrogens with one attached hydrogen (secondary N) is 2. The summed E-state index contributed by atoms with van der Waals surface area (Å²) in [5.41, 5.74) is 4.11. The standard InChI is InChI=1S/C42H50N10O5/c1-26(2)57-30-7-9-34-33(18-30)38(47-46-34)35-19-37(44-25-43-35)51-14-13-50(28(4)20-51)12-11-48-21-42(22-48)23-49(24-42)15-16-56-29-6-8-31-32(17-29)41(55)52(40(31)54)36-10-5-27(3)45-39(36)53/h6-9,17-19,25-26,28,36H,3,5,10-16,20-24H2,1-2,4H3,(H,45,53)(H,46,47)/t28-,36?/m0/s1. The van der Waals surface area contributed by atoms with E-state index in [0.717, 1.165) is 104 Å². The number of ether oxygens (including phenoxy) is 2. The van der Waals surface area contributed by atoms with Crippen molar-refractivity contribution >= 4 is 34.4 Å². The Morgan fingerprint density at radius 2 is 1.68 bits per heavy atom. The van der Waals surface area contributed by atoms with Gasteiger partial charge in [-0.05, 0) is 70.0 Å². The number of hydrogen-bond acceptors (Lipinski definition) is 12. The van der Waals surface area contributed by atoms with Crippen LogP contribution in [-0.4, -0.2) is 148 Å². The van der Waals surface area contributed by atoms with Gasteiger partial charge in [0.05, 0.1) is 28.4 Å². The Bertz CT molecular complexity index is 2230. The van der Waals surface area contributed by atoms with E-state index in [2.05, 4.69) is 58.6 Å². The van der Waals surface area contributed by atoms with Crippen LogP contribution in [0.5, 0.6) is 11.5 Å². The molecule has 4 fully saturated rings. The molecule has 4 saturated heterocycles. The first kappa shape index (κ1) is 37.2. The van der Waals surface area contributed by atoms with Gasteiger partial charge < -0.3 is 24.6 Å². The normalized spacial score (nSPS) is 22.6. The average molecular weight is 775 g/mol. The molecule has 5 aliphatic rings. The zero-order valence-electron chi connectivity index (χ0n) is 32.9. The molecule has 2 N–H and O–H groups in total. The summed E-state index contributed by atoms with van der Waals surface area (Å²) in [6.07, 6.45) is 2.63. The van der Waals surface area contributed by atoms with Crippen molar-refractivity contribution in [3.05, 3.63) is 72.2 Å². The lowest BCUT2D eigenvalue weighted by atomic mass is 9.73. The first-order valence-electron chi connectivity index (χ1n) is 20.1. The van der Waals surface area contributed by atoms with E-state index < -0.39 is 17.9 Å². The maximum Gasteiger partial charge on any atom is 0.262 e.